The third-order valence-corrected chi connectivity index (χ3v) is 1.87. The van der Waals surface area contributed by atoms with Gasteiger partial charge in [-0.2, -0.15) is 5.10 Å². The Morgan fingerprint density at radius 3 is 2.92 bits per heavy atom. The van der Waals surface area contributed by atoms with E-state index in [2.05, 4.69) is 10.2 Å². The van der Waals surface area contributed by atoms with Gasteiger partial charge in [0, 0.05) is 12.6 Å². The van der Waals surface area contributed by atoms with Crippen LogP contribution in [0.15, 0.2) is 36.7 Å². The van der Waals surface area contributed by atoms with Crippen LogP contribution in [0.2, 0.25) is 0 Å². The van der Waals surface area contributed by atoms with Gasteiger partial charge < -0.3 is 5.11 Å². The van der Waals surface area contributed by atoms with Crippen molar-refractivity contribution < 1.29 is 5.11 Å². The molecule has 2 aromatic rings. The zero-order chi connectivity index (χ0) is 9.10. The fourth-order valence-corrected chi connectivity index (χ4v) is 1.28. The maximum absolute atomic E-state index is 9.22. The van der Waals surface area contributed by atoms with Gasteiger partial charge >= 0.3 is 0 Å². The number of hydrogen-bond donors (Lipinski definition) is 2. The van der Waals surface area contributed by atoms with Crippen molar-refractivity contribution in [3.8, 4) is 5.75 Å². The first-order valence-electron chi connectivity index (χ1n) is 4.10. The lowest BCUT2D eigenvalue weighted by Crippen LogP contribution is -1.84. The molecule has 0 radical (unpaired) electrons. The fourth-order valence-electron chi connectivity index (χ4n) is 1.28. The number of benzene rings is 1. The molecule has 0 spiro atoms. The van der Waals surface area contributed by atoms with E-state index in [9.17, 15) is 5.11 Å². The van der Waals surface area contributed by atoms with Gasteiger partial charge in [-0.3, -0.25) is 5.10 Å². The zero-order valence-corrected chi connectivity index (χ0v) is 7.07. The molecule has 0 amide bonds. The van der Waals surface area contributed by atoms with Crippen molar-refractivity contribution in [1.82, 2.24) is 10.2 Å². The Bertz CT molecular complexity index is 382. The number of aromatic nitrogens is 2. The highest BCUT2D eigenvalue weighted by Gasteiger charge is 1.97. The van der Waals surface area contributed by atoms with Crippen molar-refractivity contribution in [1.29, 1.82) is 0 Å². The molecular formula is C10H10N2O. The lowest BCUT2D eigenvalue weighted by atomic mass is 10.1. The lowest BCUT2D eigenvalue weighted by molar-refractivity contribution is 0.474. The topological polar surface area (TPSA) is 48.9 Å². The summed E-state index contributed by atoms with van der Waals surface area (Å²) < 4.78 is 0. The smallest absolute Gasteiger partial charge is 0.115 e. The Morgan fingerprint density at radius 1 is 1.31 bits per heavy atom. The number of rotatable bonds is 2. The van der Waals surface area contributed by atoms with Crippen molar-refractivity contribution in [2.75, 3.05) is 0 Å². The van der Waals surface area contributed by atoms with E-state index >= 15 is 0 Å². The normalized spacial score (nSPS) is 10.2. The average Bonchev–Trinajstić information content (AvgIpc) is 2.57. The number of aromatic hydroxyl groups is 1. The minimum absolute atomic E-state index is 0.306. The second-order valence-corrected chi connectivity index (χ2v) is 2.95. The number of hydrogen-bond acceptors (Lipinski definition) is 2. The fraction of sp³-hybridized carbons (Fsp3) is 0.100. The first-order chi connectivity index (χ1) is 6.34. The van der Waals surface area contributed by atoms with E-state index in [4.69, 9.17) is 0 Å². The van der Waals surface area contributed by atoms with E-state index in [1.54, 1.807) is 18.3 Å². The summed E-state index contributed by atoms with van der Waals surface area (Å²) in [6, 6.07) is 7.24. The van der Waals surface area contributed by atoms with Crippen LogP contribution in [-0.4, -0.2) is 15.3 Å². The van der Waals surface area contributed by atoms with Gasteiger partial charge in [0.15, 0.2) is 0 Å². The van der Waals surface area contributed by atoms with Crippen LogP contribution in [0, 0.1) is 0 Å². The van der Waals surface area contributed by atoms with Gasteiger partial charge in [-0.1, -0.05) is 12.1 Å². The van der Waals surface area contributed by atoms with E-state index in [1.807, 2.05) is 18.3 Å². The standard InChI is InChI=1S/C10H10N2O/c13-10-3-1-2-8(5-10)4-9-6-11-12-7-9/h1-3,5-7,13H,4H2,(H,11,12). The summed E-state index contributed by atoms with van der Waals surface area (Å²) in [6.07, 6.45) is 4.43. The molecule has 0 aliphatic heterocycles. The van der Waals surface area contributed by atoms with Gasteiger partial charge in [0.05, 0.1) is 6.20 Å². The predicted molar refractivity (Wildman–Crippen MR) is 49.5 cm³/mol. The molecular weight excluding hydrogens is 164 g/mol. The summed E-state index contributed by atoms with van der Waals surface area (Å²) in [5, 5.41) is 15.8. The third-order valence-electron chi connectivity index (χ3n) is 1.87. The van der Waals surface area contributed by atoms with Crippen LogP contribution in [0.5, 0.6) is 5.75 Å². The molecule has 66 valence electrons. The number of phenolic OH excluding ortho intramolecular Hbond substituents is 1. The maximum atomic E-state index is 9.22. The Kier molecular flexibility index (Phi) is 2.00. The van der Waals surface area contributed by atoms with E-state index < -0.39 is 0 Å². The largest absolute Gasteiger partial charge is 0.508 e. The van der Waals surface area contributed by atoms with Crippen LogP contribution < -0.4 is 0 Å². The van der Waals surface area contributed by atoms with Crippen molar-refractivity contribution >= 4 is 0 Å². The molecule has 0 saturated heterocycles. The van der Waals surface area contributed by atoms with Gasteiger partial charge in [0.1, 0.15) is 5.75 Å². The van der Waals surface area contributed by atoms with E-state index in [1.165, 1.54) is 0 Å². The molecule has 2 N–H and O–H groups in total. The molecule has 0 fully saturated rings. The van der Waals surface area contributed by atoms with Gasteiger partial charge in [-0.25, -0.2) is 0 Å². The number of H-pyrrole nitrogens is 1. The highest BCUT2D eigenvalue weighted by Crippen LogP contribution is 2.13. The Balaban J connectivity index is 2.19. The monoisotopic (exact) mass is 174 g/mol. The van der Waals surface area contributed by atoms with Crippen molar-refractivity contribution in [3.05, 3.63) is 47.8 Å². The lowest BCUT2D eigenvalue weighted by Gasteiger charge is -1.98. The van der Waals surface area contributed by atoms with Crippen molar-refractivity contribution in [2.45, 2.75) is 6.42 Å². The Morgan fingerprint density at radius 2 is 2.23 bits per heavy atom. The first kappa shape index (κ1) is 7.86. The molecule has 0 aliphatic carbocycles. The summed E-state index contributed by atoms with van der Waals surface area (Å²) in [7, 11) is 0. The molecule has 3 nitrogen and oxygen atoms in total. The van der Waals surface area contributed by atoms with Crippen LogP contribution in [-0.2, 0) is 6.42 Å². The van der Waals surface area contributed by atoms with Crippen LogP contribution in [0.4, 0.5) is 0 Å². The average molecular weight is 174 g/mol. The Hall–Kier alpha value is -1.77. The zero-order valence-electron chi connectivity index (χ0n) is 7.07. The molecule has 0 unspecified atom stereocenters. The Labute approximate surface area is 76.0 Å². The second-order valence-electron chi connectivity index (χ2n) is 2.95. The van der Waals surface area contributed by atoms with Gasteiger partial charge in [0.25, 0.3) is 0 Å². The van der Waals surface area contributed by atoms with Crippen LogP contribution >= 0.6 is 0 Å². The van der Waals surface area contributed by atoms with Crippen LogP contribution in [0.25, 0.3) is 0 Å². The SMILES string of the molecule is Oc1cccc(Cc2cn[nH]c2)c1. The molecule has 1 heterocycles. The molecule has 0 saturated carbocycles. The van der Waals surface area contributed by atoms with E-state index in [0.29, 0.717) is 5.75 Å². The summed E-state index contributed by atoms with van der Waals surface area (Å²) in [6.45, 7) is 0. The van der Waals surface area contributed by atoms with Gasteiger partial charge in [-0.15, -0.1) is 0 Å². The minimum Gasteiger partial charge on any atom is -0.508 e. The first-order valence-corrected chi connectivity index (χ1v) is 4.10. The molecule has 0 atom stereocenters. The quantitative estimate of drug-likeness (QED) is 0.728. The predicted octanol–water partition coefficient (Wildman–Crippen LogP) is 1.71. The summed E-state index contributed by atoms with van der Waals surface area (Å²) in [4.78, 5) is 0. The maximum Gasteiger partial charge on any atom is 0.115 e. The third kappa shape index (κ3) is 1.87. The molecule has 0 aliphatic rings. The van der Waals surface area contributed by atoms with Crippen LogP contribution in [0.3, 0.4) is 0 Å². The number of aromatic amines is 1. The molecule has 3 heteroatoms. The molecule has 2 rings (SSSR count). The highest BCUT2D eigenvalue weighted by atomic mass is 16.3. The summed E-state index contributed by atoms with van der Waals surface area (Å²) in [5.41, 5.74) is 2.20. The minimum atomic E-state index is 0.306. The summed E-state index contributed by atoms with van der Waals surface area (Å²) >= 11 is 0. The number of nitrogens with one attached hydrogen (secondary N) is 1. The van der Waals surface area contributed by atoms with Gasteiger partial charge in [-0.05, 0) is 23.3 Å². The second kappa shape index (κ2) is 3.31. The number of phenols is 1. The number of nitrogens with zero attached hydrogens (tertiary/aromatic N) is 1. The molecule has 0 bridgehead atoms. The molecule has 1 aromatic heterocycles. The van der Waals surface area contributed by atoms with Gasteiger partial charge in [0.2, 0.25) is 0 Å². The van der Waals surface area contributed by atoms with Crippen molar-refractivity contribution in [3.63, 3.8) is 0 Å². The molecule has 13 heavy (non-hydrogen) atoms. The highest BCUT2D eigenvalue weighted by molar-refractivity contribution is 5.30. The van der Waals surface area contributed by atoms with E-state index in [0.717, 1.165) is 17.5 Å². The van der Waals surface area contributed by atoms with E-state index in [-0.39, 0.29) is 0 Å². The molecule has 1 aromatic carbocycles. The van der Waals surface area contributed by atoms with Crippen molar-refractivity contribution in [2.24, 2.45) is 0 Å². The van der Waals surface area contributed by atoms with Crippen LogP contribution in [0.1, 0.15) is 11.1 Å². The summed E-state index contributed by atoms with van der Waals surface area (Å²) in [5.74, 6) is 0.306.